The number of pyridine rings is 1. The van der Waals surface area contributed by atoms with Crippen molar-refractivity contribution in [2.75, 3.05) is 12.4 Å². The highest BCUT2D eigenvalue weighted by molar-refractivity contribution is 6.32. The van der Waals surface area contributed by atoms with Gasteiger partial charge in [0.1, 0.15) is 12.1 Å². The van der Waals surface area contributed by atoms with Crippen LogP contribution in [0.15, 0.2) is 43.1 Å². The van der Waals surface area contributed by atoms with Gasteiger partial charge in [0.25, 0.3) is 0 Å². The van der Waals surface area contributed by atoms with Crippen LogP contribution in [0, 0.1) is 0 Å². The number of halogens is 1. The topological polar surface area (TPSA) is 116 Å². The number of hydrogen-bond acceptors (Lipinski definition) is 8. The van der Waals surface area contributed by atoms with Gasteiger partial charge in [-0.05, 0) is 24.6 Å². The fraction of sp³-hybridized carbons (Fsp3) is 0.227. The number of nitrogens with zero attached hydrogens (tertiary/aromatic N) is 7. The van der Waals surface area contributed by atoms with E-state index in [-0.39, 0.29) is 6.61 Å². The highest BCUT2D eigenvalue weighted by atomic mass is 35.5. The molecule has 0 amide bonds. The number of aromatic nitrogens is 7. The molecule has 0 saturated carbocycles. The molecule has 0 fully saturated rings. The molecule has 0 radical (unpaired) electrons. The molecule has 168 valence electrons. The van der Waals surface area contributed by atoms with Crippen LogP contribution >= 0.6 is 11.6 Å². The molecule has 2 N–H and O–H groups in total. The van der Waals surface area contributed by atoms with Crippen molar-refractivity contribution in [1.29, 1.82) is 0 Å². The van der Waals surface area contributed by atoms with Gasteiger partial charge in [-0.1, -0.05) is 17.7 Å². The van der Waals surface area contributed by atoms with Crippen molar-refractivity contribution >= 4 is 39.2 Å². The molecule has 1 aromatic carbocycles. The van der Waals surface area contributed by atoms with Crippen molar-refractivity contribution < 1.29 is 9.84 Å². The van der Waals surface area contributed by atoms with Crippen LogP contribution in [0.5, 0.6) is 5.75 Å². The summed E-state index contributed by atoms with van der Waals surface area (Å²) in [4.78, 5) is 8.82. The number of imidazole rings is 1. The number of anilines is 1. The Morgan fingerprint density at radius 3 is 2.76 bits per heavy atom. The lowest BCUT2D eigenvalue weighted by atomic mass is 10.1. The summed E-state index contributed by atoms with van der Waals surface area (Å²) in [6.07, 6.45) is 6.88. The fourth-order valence-electron chi connectivity index (χ4n) is 3.77. The molecule has 33 heavy (non-hydrogen) atoms. The average Bonchev–Trinajstić information content (AvgIpc) is 3.49. The quantitative estimate of drug-likeness (QED) is 0.376. The third kappa shape index (κ3) is 3.73. The first-order valence-electron chi connectivity index (χ1n) is 10.3. The molecule has 5 aromatic rings. The Kier molecular flexibility index (Phi) is 5.53. The maximum absolute atomic E-state index is 9.39. The Morgan fingerprint density at radius 1 is 1.15 bits per heavy atom. The normalized spacial score (nSPS) is 11.4. The minimum Gasteiger partial charge on any atom is -0.495 e. The monoisotopic (exact) mass is 464 g/mol. The Hall–Kier alpha value is -3.76. The number of rotatable bonds is 7. The summed E-state index contributed by atoms with van der Waals surface area (Å²) in [6.45, 7) is 3.04. The smallest absolute Gasteiger partial charge is 0.170 e. The van der Waals surface area contributed by atoms with E-state index in [9.17, 15) is 5.11 Å². The number of hydrogen-bond donors (Lipinski definition) is 2. The summed E-state index contributed by atoms with van der Waals surface area (Å²) in [5.74, 6) is 1.79. The van der Waals surface area contributed by atoms with E-state index in [4.69, 9.17) is 16.3 Å². The van der Waals surface area contributed by atoms with Gasteiger partial charge in [-0.25, -0.2) is 14.6 Å². The van der Waals surface area contributed by atoms with E-state index in [1.807, 2.05) is 29.8 Å². The van der Waals surface area contributed by atoms with Crippen LogP contribution in [-0.2, 0) is 19.7 Å². The first-order chi connectivity index (χ1) is 16.1. The molecule has 0 atom stereocenters. The van der Waals surface area contributed by atoms with E-state index in [0.717, 1.165) is 27.4 Å². The molecule has 11 heteroatoms. The minimum absolute atomic E-state index is 0.159. The van der Waals surface area contributed by atoms with Gasteiger partial charge in [-0.15, -0.1) is 10.2 Å². The van der Waals surface area contributed by atoms with Crippen LogP contribution < -0.4 is 10.1 Å². The molecule has 0 spiro atoms. The number of fused-ring (bicyclic) bond motifs is 3. The molecule has 0 aliphatic rings. The van der Waals surface area contributed by atoms with Crippen LogP contribution in [-0.4, -0.2) is 46.7 Å². The minimum atomic E-state index is -0.159. The summed E-state index contributed by atoms with van der Waals surface area (Å²) in [7, 11) is 1.59. The van der Waals surface area contributed by atoms with Crippen LogP contribution in [0.25, 0.3) is 27.6 Å². The van der Waals surface area contributed by atoms with Crippen LogP contribution in [0.4, 0.5) is 5.82 Å². The van der Waals surface area contributed by atoms with Gasteiger partial charge in [0, 0.05) is 36.3 Å². The summed E-state index contributed by atoms with van der Waals surface area (Å²) in [5, 5.41) is 29.2. The van der Waals surface area contributed by atoms with E-state index < -0.39 is 0 Å². The van der Waals surface area contributed by atoms with E-state index in [2.05, 4.69) is 30.6 Å². The van der Waals surface area contributed by atoms with Crippen LogP contribution in [0.1, 0.15) is 18.2 Å². The SMILES string of the molecule is CCn1ncc2c3c(NCc4ccc(OC)c(Cl)c4)nnc(-n4cnc(CO)c4)c3cnc21. The molecule has 0 unspecified atom stereocenters. The second-order valence-corrected chi connectivity index (χ2v) is 7.78. The van der Waals surface area contributed by atoms with Gasteiger partial charge < -0.3 is 15.2 Å². The van der Waals surface area contributed by atoms with Crippen molar-refractivity contribution in [3.05, 3.63) is 59.4 Å². The van der Waals surface area contributed by atoms with Gasteiger partial charge in [-0.2, -0.15) is 5.10 Å². The van der Waals surface area contributed by atoms with Gasteiger partial charge >= 0.3 is 0 Å². The number of aliphatic hydroxyl groups excluding tert-OH is 1. The Balaban J connectivity index is 1.62. The third-order valence-corrected chi connectivity index (χ3v) is 5.70. The second kappa shape index (κ2) is 8.64. The zero-order chi connectivity index (χ0) is 22.9. The van der Waals surface area contributed by atoms with Gasteiger partial charge in [-0.3, -0.25) is 4.57 Å². The van der Waals surface area contributed by atoms with E-state index in [1.54, 1.807) is 36.6 Å². The molecule has 4 heterocycles. The van der Waals surface area contributed by atoms with Crippen molar-refractivity contribution in [3.63, 3.8) is 0 Å². The molecule has 10 nitrogen and oxygen atoms in total. The molecule has 0 aliphatic heterocycles. The van der Waals surface area contributed by atoms with E-state index in [0.29, 0.717) is 41.2 Å². The Morgan fingerprint density at radius 2 is 2.03 bits per heavy atom. The summed E-state index contributed by atoms with van der Waals surface area (Å²) < 4.78 is 8.80. The number of methoxy groups -OCH3 is 1. The molecule has 0 bridgehead atoms. The number of aryl methyl sites for hydroxylation is 1. The average molecular weight is 465 g/mol. The first kappa shape index (κ1) is 21.1. The second-order valence-electron chi connectivity index (χ2n) is 7.37. The fourth-order valence-corrected chi connectivity index (χ4v) is 4.05. The zero-order valence-corrected chi connectivity index (χ0v) is 18.8. The third-order valence-electron chi connectivity index (χ3n) is 5.41. The van der Waals surface area contributed by atoms with Crippen LogP contribution in [0.3, 0.4) is 0 Å². The van der Waals surface area contributed by atoms with Gasteiger partial charge in [0.2, 0.25) is 0 Å². The van der Waals surface area contributed by atoms with Crippen molar-refractivity contribution in [2.45, 2.75) is 26.6 Å². The van der Waals surface area contributed by atoms with Crippen molar-refractivity contribution in [3.8, 4) is 11.6 Å². The predicted molar refractivity (Wildman–Crippen MR) is 125 cm³/mol. The van der Waals surface area contributed by atoms with E-state index >= 15 is 0 Å². The molecular weight excluding hydrogens is 444 g/mol. The lowest BCUT2D eigenvalue weighted by molar-refractivity contribution is 0.277. The molecule has 5 rings (SSSR count). The zero-order valence-electron chi connectivity index (χ0n) is 18.0. The largest absolute Gasteiger partial charge is 0.495 e. The molecule has 0 aliphatic carbocycles. The number of benzene rings is 1. The summed E-state index contributed by atoms with van der Waals surface area (Å²) in [6, 6.07) is 5.62. The van der Waals surface area contributed by atoms with Gasteiger partial charge in [0.15, 0.2) is 17.3 Å². The lowest BCUT2D eigenvalue weighted by Crippen LogP contribution is -2.07. The number of nitrogens with one attached hydrogen (secondary N) is 1. The van der Waals surface area contributed by atoms with Crippen LogP contribution in [0.2, 0.25) is 5.02 Å². The maximum Gasteiger partial charge on any atom is 0.170 e. The number of ether oxygens (including phenoxy) is 1. The maximum atomic E-state index is 9.39. The standard InChI is InChI=1S/C22H21ClN8O2/c1-3-31-21-16(9-27-31)19-15(8-25-21)22(30-10-14(11-32)26-12-30)29-28-20(19)24-7-13-4-5-18(33-2)17(23)6-13/h4-6,8-10,12,32H,3,7,11H2,1-2H3,(H,24,28). The highest BCUT2D eigenvalue weighted by Gasteiger charge is 2.17. The molecular formula is C22H21ClN8O2. The first-order valence-corrected chi connectivity index (χ1v) is 10.7. The summed E-state index contributed by atoms with van der Waals surface area (Å²) in [5.41, 5.74) is 2.27. The highest BCUT2D eigenvalue weighted by Crippen LogP contribution is 2.32. The molecule has 4 aromatic heterocycles. The van der Waals surface area contributed by atoms with Gasteiger partial charge in [0.05, 0.1) is 36.0 Å². The Labute approximate surface area is 193 Å². The van der Waals surface area contributed by atoms with Crippen molar-refractivity contribution in [1.82, 2.24) is 34.5 Å². The molecule has 0 saturated heterocycles. The predicted octanol–water partition coefficient (Wildman–Crippen LogP) is 3.35. The Bertz CT molecular complexity index is 1460. The van der Waals surface area contributed by atoms with E-state index in [1.165, 1.54) is 0 Å². The number of aliphatic hydroxyl groups is 1. The lowest BCUT2D eigenvalue weighted by Gasteiger charge is -2.13. The van der Waals surface area contributed by atoms with Crippen molar-refractivity contribution in [2.24, 2.45) is 0 Å². The summed E-state index contributed by atoms with van der Waals surface area (Å²) >= 11 is 6.28.